The van der Waals surface area contributed by atoms with Gasteiger partial charge in [0.15, 0.2) is 0 Å². The maximum Gasteiger partial charge on any atom is 0.345 e. The summed E-state index contributed by atoms with van der Waals surface area (Å²) >= 11 is 1.08. The number of aromatic carboxylic acids is 1. The van der Waals surface area contributed by atoms with Crippen molar-refractivity contribution < 1.29 is 32.9 Å². The Bertz CT molecular complexity index is 989. The predicted octanol–water partition coefficient (Wildman–Crippen LogP) is 5.12. The van der Waals surface area contributed by atoms with E-state index in [0.717, 1.165) is 11.3 Å². The summed E-state index contributed by atoms with van der Waals surface area (Å²) in [5.74, 6) is -3.57. The molecule has 0 bridgehead atoms. The molecule has 3 atom stereocenters. The molecular formula is C20H25FNO6PS. The van der Waals surface area contributed by atoms with Crippen LogP contribution in [0, 0.1) is 5.92 Å². The highest BCUT2D eigenvalue weighted by Gasteiger charge is 2.43. The normalized spacial score (nSPS) is 18.2. The van der Waals surface area contributed by atoms with Crippen molar-refractivity contribution in [3.8, 4) is 0 Å². The number of carboxylic acid groups (broad SMARTS) is 1. The van der Waals surface area contributed by atoms with Crippen molar-refractivity contribution in [2.24, 2.45) is 5.92 Å². The summed E-state index contributed by atoms with van der Waals surface area (Å²) in [6.45, 7) is 5.44. The molecule has 2 aromatic rings. The maximum absolute atomic E-state index is 15.5. The molecule has 1 aromatic heterocycles. The molecule has 2 N–H and O–H groups in total. The molecule has 1 fully saturated rings. The highest BCUT2D eigenvalue weighted by molar-refractivity contribution is 7.57. The lowest BCUT2D eigenvalue weighted by Gasteiger charge is -2.26. The van der Waals surface area contributed by atoms with Crippen molar-refractivity contribution >= 4 is 40.9 Å². The summed E-state index contributed by atoms with van der Waals surface area (Å²) in [5.41, 5.74) is 0.0940. The van der Waals surface area contributed by atoms with Crippen LogP contribution in [0.3, 0.4) is 0 Å². The van der Waals surface area contributed by atoms with Crippen molar-refractivity contribution in [2.75, 3.05) is 6.61 Å². The summed E-state index contributed by atoms with van der Waals surface area (Å²) in [6.07, 6.45) is 1.04. The van der Waals surface area contributed by atoms with Gasteiger partial charge in [0.05, 0.1) is 12.7 Å². The smallest absolute Gasteiger partial charge is 0.345 e. The zero-order chi connectivity index (χ0) is 22.1. The Balaban J connectivity index is 1.83. The minimum Gasteiger partial charge on any atom is -0.477 e. The number of nitrogens with one attached hydrogen (secondary N) is 1. The number of fused-ring (bicyclic) bond motifs is 1. The van der Waals surface area contributed by atoms with Crippen LogP contribution in [0.4, 0.5) is 4.39 Å². The molecule has 1 unspecified atom stereocenters. The van der Waals surface area contributed by atoms with Crippen LogP contribution in [0.25, 0.3) is 10.1 Å². The van der Waals surface area contributed by atoms with E-state index in [0.29, 0.717) is 22.9 Å². The van der Waals surface area contributed by atoms with Gasteiger partial charge in [-0.1, -0.05) is 19.9 Å². The third-order valence-corrected chi connectivity index (χ3v) is 7.80. The lowest BCUT2D eigenvalue weighted by Crippen LogP contribution is -2.35. The first kappa shape index (κ1) is 22.9. The number of halogens is 1. The fourth-order valence-electron chi connectivity index (χ4n) is 2.75. The third kappa shape index (κ3) is 5.46. The van der Waals surface area contributed by atoms with E-state index in [1.54, 1.807) is 6.07 Å². The lowest BCUT2D eigenvalue weighted by molar-refractivity contribution is -0.146. The van der Waals surface area contributed by atoms with Gasteiger partial charge in [0.25, 0.3) is 0 Å². The van der Waals surface area contributed by atoms with Gasteiger partial charge in [-0.05, 0) is 54.8 Å². The number of alkyl halides is 1. The minimum absolute atomic E-state index is 0.0940. The molecule has 164 valence electrons. The summed E-state index contributed by atoms with van der Waals surface area (Å²) in [4.78, 5) is 23.5. The fourth-order valence-corrected chi connectivity index (χ4v) is 5.78. The van der Waals surface area contributed by atoms with Crippen molar-refractivity contribution in [1.29, 1.82) is 0 Å². The molecule has 10 heteroatoms. The standard InChI is InChI=1S/C20H25FNO6PS/c1-11(2)10-27-20(25)12(3)22-29(26,28-15-5-6-15)18(21)13-4-7-16-14(8-13)9-17(30-16)19(23)24/h4,7-9,11-12,15,18H,5-6,10H2,1-3H3,(H,22,26)(H,23,24)/t12-,18-,29?/m0/s1. The van der Waals surface area contributed by atoms with E-state index in [9.17, 15) is 14.2 Å². The largest absolute Gasteiger partial charge is 0.477 e. The second-order valence-electron chi connectivity index (χ2n) is 7.83. The van der Waals surface area contributed by atoms with E-state index in [4.69, 9.17) is 14.4 Å². The van der Waals surface area contributed by atoms with Gasteiger partial charge in [-0.15, -0.1) is 11.3 Å². The summed E-state index contributed by atoms with van der Waals surface area (Å²) < 4.78 is 40.3. The first-order valence-corrected chi connectivity index (χ1v) is 12.2. The van der Waals surface area contributed by atoms with Crippen molar-refractivity contribution in [3.05, 3.63) is 34.7 Å². The van der Waals surface area contributed by atoms with Crippen molar-refractivity contribution in [2.45, 2.75) is 51.7 Å². The van der Waals surface area contributed by atoms with E-state index in [1.165, 1.54) is 25.1 Å². The predicted molar refractivity (Wildman–Crippen MR) is 113 cm³/mol. The highest BCUT2D eigenvalue weighted by Crippen LogP contribution is 2.61. The minimum atomic E-state index is -4.10. The molecule has 0 aliphatic heterocycles. The maximum atomic E-state index is 15.5. The topological polar surface area (TPSA) is 102 Å². The van der Waals surface area contributed by atoms with Gasteiger partial charge in [0.1, 0.15) is 10.9 Å². The molecular weight excluding hydrogens is 432 g/mol. The number of esters is 1. The van der Waals surface area contributed by atoms with Gasteiger partial charge in [-0.2, -0.15) is 0 Å². The van der Waals surface area contributed by atoms with Crippen molar-refractivity contribution in [1.82, 2.24) is 5.09 Å². The highest BCUT2D eigenvalue weighted by atomic mass is 32.1. The Kier molecular flexibility index (Phi) is 6.97. The molecule has 3 rings (SSSR count). The Labute approximate surface area is 178 Å². The zero-order valence-electron chi connectivity index (χ0n) is 17.0. The molecule has 1 aromatic carbocycles. The number of carboxylic acids is 1. The zero-order valence-corrected chi connectivity index (χ0v) is 18.7. The monoisotopic (exact) mass is 457 g/mol. The fraction of sp³-hybridized carbons (Fsp3) is 0.500. The molecule has 7 nitrogen and oxygen atoms in total. The molecule has 0 saturated heterocycles. The molecule has 1 saturated carbocycles. The first-order chi connectivity index (χ1) is 14.1. The Morgan fingerprint density at radius 2 is 2.00 bits per heavy atom. The Morgan fingerprint density at radius 1 is 1.30 bits per heavy atom. The number of thiophene rings is 1. The van der Waals surface area contributed by atoms with Crippen LogP contribution in [-0.4, -0.2) is 35.8 Å². The van der Waals surface area contributed by atoms with E-state index < -0.39 is 31.4 Å². The van der Waals surface area contributed by atoms with E-state index in [2.05, 4.69) is 5.09 Å². The summed E-state index contributed by atoms with van der Waals surface area (Å²) in [5, 5.41) is 12.2. The number of ether oxygens (including phenoxy) is 1. The molecule has 0 spiro atoms. The van der Waals surface area contributed by atoms with Crippen LogP contribution in [-0.2, 0) is 18.6 Å². The van der Waals surface area contributed by atoms with Crippen molar-refractivity contribution in [3.63, 3.8) is 0 Å². The van der Waals surface area contributed by atoms with E-state index in [1.807, 2.05) is 13.8 Å². The third-order valence-electron chi connectivity index (χ3n) is 4.44. The number of carbonyl (C=O) groups is 2. The average Bonchev–Trinajstić information content (AvgIpc) is 3.38. The quantitative estimate of drug-likeness (QED) is 0.377. The number of hydrogen-bond donors (Lipinski definition) is 2. The van der Waals surface area contributed by atoms with Crippen LogP contribution in [0.2, 0.25) is 0 Å². The summed E-state index contributed by atoms with van der Waals surface area (Å²) in [6, 6.07) is 4.95. The number of rotatable bonds is 10. The number of hydrogen-bond acceptors (Lipinski definition) is 6. The van der Waals surface area contributed by atoms with Crippen LogP contribution < -0.4 is 5.09 Å². The first-order valence-electron chi connectivity index (χ1n) is 9.72. The summed E-state index contributed by atoms with van der Waals surface area (Å²) in [7, 11) is -4.10. The van der Waals surface area contributed by atoms with Gasteiger partial charge in [-0.3, -0.25) is 9.36 Å². The molecule has 1 aliphatic carbocycles. The van der Waals surface area contributed by atoms with E-state index in [-0.39, 0.29) is 29.1 Å². The van der Waals surface area contributed by atoms with E-state index >= 15 is 4.39 Å². The molecule has 0 radical (unpaired) electrons. The molecule has 30 heavy (non-hydrogen) atoms. The van der Waals surface area contributed by atoms with Gasteiger partial charge in [-0.25, -0.2) is 14.3 Å². The van der Waals surface area contributed by atoms with Gasteiger partial charge in [0, 0.05) is 4.70 Å². The number of carbonyl (C=O) groups excluding carboxylic acids is 1. The Morgan fingerprint density at radius 3 is 2.60 bits per heavy atom. The van der Waals surface area contributed by atoms with Gasteiger partial charge >= 0.3 is 19.5 Å². The second kappa shape index (κ2) is 9.14. The lowest BCUT2D eigenvalue weighted by atomic mass is 10.2. The average molecular weight is 457 g/mol. The van der Waals surface area contributed by atoms with Gasteiger partial charge in [0.2, 0.25) is 5.91 Å². The Hall–Kier alpha value is -1.80. The molecule has 1 aliphatic rings. The van der Waals surface area contributed by atoms with Crippen LogP contribution in [0.5, 0.6) is 0 Å². The van der Waals surface area contributed by atoms with Crippen LogP contribution in [0.15, 0.2) is 24.3 Å². The van der Waals surface area contributed by atoms with Crippen LogP contribution in [0.1, 0.15) is 54.8 Å². The number of benzene rings is 1. The molecule has 0 amide bonds. The molecule has 1 heterocycles. The van der Waals surface area contributed by atoms with Gasteiger partial charge < -0.3 is 14.4 Å². The second-order valence-corrected chi connectivity index (χ2v) is 11.0. The van der Waals surface area contributed by atoms with Crippen LogP contribution >= 0.6 is 18.9 Å². The SMILES string of the molecule is CC(C)COC(=O)[C@H](C)NP(=O)(OC1CC1)[C@H](F)c1ccc2sc(C(=O)O)cc2c1.